The lowest BCUT2D eigenvalue weighted by molar-refractivity contribution is 0.125. The molecule has 0 amide bonds. The fourth-order valence-corrected chi connectivity index (χ4v) is 3.22. The molecule has 2 N–H and O–H groups in total. The van der Waals surface area contributed by atoms with Crippen LogP contribution in [0.5, 0.6) is 11.5 Å². The Labute approximate surface area is 180 Å². The molecule has 0 spiro atoms. The highest BCUT2D eigenvalue weighted by Gasteiger charge is 2.25. The third kappa shape index (κ3) is 5.91. The lowest BCUT2D eigenvalue weighted by Crippen LogP contribution is -2.20. The van der Waals surface area contributed by atoms with Crippen LogP contribution in [-0.4, -0.2) is 42.0 Å². The Bertz CT molecular complexity index is 780. The summed E-state index contributed by atoms with van der Waals surface area (Å²) in [6.45, 7) is 4.73. The van der Waals surface area contributed by atoms with Crippen LogP contribution in [0.25, 0.3) is 0 Å². The van der Waals surface area contributed by atoms with Crippen molar-refractivity contribution in [2.75, 3.05) is 25.7 Å². The number of alkyl halides is 1. The van der Waals surface area contributed by atoms with E-state index in [0.717, 1.165) is 11.1 Å². The third-order valence-electron chi connectivity index (χ3n) is 4.48. The van der Waals surface area contributed by atoms with Gasteiger partial charge in [-0.2, -0.15) is 0 Å². The summed E-state index contributed by atoms with van der Waals surface area (Å²) in [6, 6.07) is 11.3. The molecular weight excluding hydrogens is 423 g/mol. The molecule has 154 valence electrons. The van der Waals surface area contributed by atoms with Crippen molar-refractivity contribution in [2.45, 2.75) is 31.8 Å². The van der Waals surface area contributed by atoms with E-state index < -0.39 is 6.10 Å². The first kappa shape index (κ1) is 23.1. The van der Waals surface area contributed by atoms with Crippen molar-refractivity contribution in [3.63, 3.8) is 0 Å². The molecule has 28 heavy (non-hydrogen) atoms. The Hall–Kier alpha value is -1.17. The number of aliphatic hydroxyl groups is 2. The van der Waals surface area contributed by atoms with Gasteiger partial charge >= 0.3 is 0 Å². The Morgan fingerprint density at radius 2 is 1.50 bits per heavy atom. The summed E-state index contributed by atoms with van der Waals surface area (Å²) < 4.78 is 11.1. The third-order valence-corrected chi connectivity index (χ3v) is 5.42. The molecule has 0 saturated heterocycles. The summed E-state index contributed by atoms with van der Waals surface area (Å²) in [7, 11) is 0. The maximum Gasteiger partial charge on any atom is 0.138 e. The number of halogens is 3. The minimum Gasteiger partial charge on any atom is -0.492 e. The molecule has 0 fully saturated rings. The average Bonchev–Trinajstić information content (AvgIpc) is 2.67. The molecule has 2 aromatic rings. The lowest BCUT2D eigenvalue weighted by atomic mass is 9.78. The summed E-state index contributed by atoms with van der Waals surface area (Å²) in [5.74, 6) is 1.19. The van der Waals surface area contributed by atoms with Gasteiger partial charge in [-0.25, -0.2) is 0 Å². The number of aliphatic hydroxyl groups excluding tert-OH is 2. The molecule has 4 nitrogen and oxygen atoms in total. The standard InChI is InChI=1S/C21H25Cl3O4/c1-21(2,14-4-6-19(17(23)10-14)27-9-3-8-25)15-5-7-20(18(24)11-15)28-13-16(26)12-22/h4-7,10-11,16,25-26H,3,8-9,12-13H2,1-2H3/t16-/m1/s1. The van der Waals surface area contributed by atoms with E-state index in [1.807, 2.05) is 30.3 Å². The van der Waals surface area contributed by atoms with Crippen LogP contribution in [0, 0.1) is 0 Å². The zero-order valence-electron chi connectivity index (χ0n) is 15.9. The first-order chi connectivity index (χ1) is 13.3. The minimum atomic E-state index is -0.742. The van der Waals surface area contributed by atoms with Crippen LogP contribution >= 0.6 is 34.8 Å². The predicted molar refractivity (Wildman–Crippen MR) is 114 cm³/mol. The van der Waals surface area contributed by atoms with Gasteiger partial charge in [-0.15, -0.1) is 11.6 Å². The molecule has 2 aromatic carbocycles. The fraction of sp³-hybridized carbons (Fsp3) is 0.429. The second kappa shape index (κ2) is 10.6. The summed E-state index contributed by atoms with van der Waals surface area (Å²) in [5.41, 5.74) is 1.65. The monoisotopic (exact) mass is 446 g/mol. The zero-order chi connectivity index (χ0) is 20.7. The number of hydrogen-bond acceptors (Lipinski definition) is 4. The van der Waals surface area contributed by atoms with E-state index in [1.54, 1.807) is 6.07 Å². The second-order valence-electron chi connectivity index (χ2n) is 6.96. The fourth-order valence-electron chi connectivity index (χ4n) is 2.66. The predicted octanol–water partition coefficient (Wildman–Crippen LogP) is 5.06. The van der Waals surface area contributed by atoms with Gasteiger partial charge in [-0.3, -0.25) is 0 Å². The van der Waals surface area contributed by atoms with Crippen LogP contribution < -0.4 is 9.47 Å². The van der Waals surface area contributed by atoms with Crippen molar-refractivity contribution < 1.29 is 19.7 Å². The van der Waals surface area contributed by atoms with Gasteiger partial charge in [0, 0.05) is 18.4 Å². The molecule has 0 bridgehead atoms. The van der Waals surface area contributed by atoms with Crippen molar-refractivity contribution in [3.8, 4) is 11.5 Å². The molecule has 0 aliphatic heterocycles. The number of rotatable bonds is 10. The quantitative estimate of drug-likeness (QED) is 0.395. The highest BCUT2D eigenvalue weighted by atomic mass is 35.5. The van der Waals surface area contributed by atoms with Gasteiger partial charge in [0.25, 0.3) is 0 Å². The highest BCUT2D eigenvalue weighted by molar-refractivity contribution is 6.32. The first-order valence-corrected chi connectivity index (χ1v) is 10.3. The highest BCUT2D eigenvalue weighted by Crippen LogP contribution is 2.38. The van der Waals surface area contributed by atoms with Gasteiger partial charge in [0.1, 0.15) is 24.2 Å². The van der Waals surface area contributed by atoms with E-state index in [9.17, 15) is 5.11 Å². The summed E-state index contributed by atoms with van der Waals surface area (Å²) in [5, 5.41) is 19.4. The number of benzene rings is 2. The van der Waals surface area contributed by atoms with Gasteiger partial charge in [0.05, 0.1) is 22.5 Å². The molecule has 0 saturated carbocycles. The number of ether oxygens (including phenoxy) is 2. The summed E-state index contributed by atoms with van der Waals surface area (Å²) in [6.07, 6.45) is -0.188. The van der Waals surface area contributed by atoms with E-state index >= 15 is 0 Å². The van der Waals surface area contributed by atoms with Crippen LogP contribution in [0.2, 0.25) is 10.0 Å². The van der Waals surface area contributed by atoms with Crippen LogP contribution in [0.1, 0.15) is 31.4 Å². The number of hydrogen-bond donors (Lipinski definition) is 2. The van der Waals surface area contributed by atoms with Gasteiger partial charge in [0.2, 0.25) is 0 Å². The molecular formula is C21H25Cl3O4. The molecule has 7 heteroatoms. The van der Waals surface area contributed by atoms with Crippen molar-refractivity contribution in [1.29, 1.82) is 0 Å². The maximum atomic E-state index is 9.52. The van der Waals surface area contributed by atoms with E-state index in [1.165, 1.54) is 0 Å². The van der Waals surface area contributed by atoms with Gasteiger partial charge in [-0.05, 0) is 35.4 Å². The summed E-state index contributed by atoms with van der Waals surface area (Å²) in [4.78, 5) is 0. The zero-order valence-corrected chi connectivity index (χ0v) is 18.2. The molecule has 0 aliphatic carbocycles. The topological polar surface area (TPSA) is 58.9 Å². The largest absolute Gasteiger partial charge is 0.492 e. The smallest absolute Gasteiger partial charge is 0.138 e. The maximum absolute atomic E-state index is 9.52. The Balaban J connectivity index is 2.19. The SMILES string of the molecule is CC(C)(c1ccc(OCCCO)c(Cl)c1)c1ccc(OC[C@H](O)CCl)c(Cl)c1. The van der Waals surface area contributed by atoms with Gasteiger partial charge in [-0.1, -0.05) is 49.2 Å². The minimum absolute atomic E-state index is 0.0774. The van der Waals surface area contributed by atoms with Crippen LogP contribution in [0.3, 0.4) is 0 Å². The van der Waals surface area contributed by atoms with Crippen molar-refractivity contribution in [1.82, 2.24) is 0 Å². The Kier molecular flexibility index (Phi) is 8.72. The summed E-state index contributed by atoms with van der Waals surface area (Å²) >= 11 is 18.3. The first-order valence-electron chi connectivity index (χ1n) is 9.00. The molecule has 0 radical (unpaired) electrons. The van der Waals surface area contributed by atoms with E-state index in [4.69, 9.17) is 49.4 Å². The van der Waals surface area contributed by atoms with E-state index in [2.05, 4.69) is 13.8 Å². The Morgan fingerprint density at radius 3 is 1.96 bits per heavy atom. The molecule has 0 unspecified atom stereocenters. The van der Waals surface area contributed by atoms with Gasteiger partial charge in [0.15, 0.2) is 0 Å². The van der Waals surface area contributed by atoms with Crippen molar-refractivity contribution in [2.24, 2.45) is 0 Å². The van der Waals surface area contributed by atoms with Crippen molar-refractivity contribution in [3.05, 3.63) is 57.6 Å². The van der Waals surface area contributed by atoms with E-state index in [0.29, 0.717) is 34.6 Å². The normalized spacial score (nSPS) is 12.7. The lowest BCUT2D eigenvalue weighted by Gasteiger charge is -2.27. The van der Waals surface area contributed by atoms with Crippen molar-refractivity contribution >= 4 is 34.8 Å². The average molecular weight is 448 g/mol. The molecule has 2 rings (SSSR count). The van der Waals surface area contributed by atoms with Crippen LogP contribution in [0.15, 0.2) is 36.4 Å². The van der Waals surface area contributed by atoms with Crippen LogP contribution in [0.4, 0.5) is 0 Å². The second-order valence-corrected chi connectivity index (χ2v) is 8.08. The molecule has 1 atom stereocenters. The molecule has 0 heterocycles. The van der Waals surface area contributed by atoms with E-state index in [-0.39, 0.29) is 24.5 Å². The Morgan fingerprint density at radius 1 is 0.964 bits per heavy atom. The van der Waals surface area contributed by atoms with Crippen LogP contribution in [-0.2, 0) is 5.41 Å². The van der Waals surface area contributed by atoms with Gasteiger partial charge < -0.3 is 19.7 Å². The molecule has 0 aromatic heterocycles. The molecule has 0 aliphatic rings.